The number of primary sulfonamides is 1. The van der Waals surface area contributed by atoms with Gasteiger partial charge in [0.1, 0.15) is 0 Å². The highest BCUT2D eigenvalue weighted by Gasteiger charge is 2.29. The van der Waals surface area contributed by atoms with Gasteiger partial charge in [-0.15, -0.1) is 11.3 Å². The molecule has 1 aliphatic rings. The van der Waals surface area contributed by atoms with Crippen molar-refractivity contribution in [2.24, 2.45) is 5.14 Å². The lowest BCUT2D eigenvalue weighted by atomic mass is 10.2. The van der Waals surface area contributed by atoms with E-state index in [1.165, 1.54) is 11.1 Å². The van der Waals surface area contributed by atoms with Crippen LogP contribution < -0.4 is 10.0 Å². The van der Waals surface area contributed by atoms with Crippen molar-refractivity contribution in [3.63, 3.8) is 0 Å². The van der Waals surface area contributed by atoms with E-state index in [0.717, 1.165) is 35.9 Å². The molecule has 2 aromatic heterocycles. The Hall–Kier alpha value is -0.960. The highest BCUT2D eigenvalue weighted by atomic mass is 32.2. The number of nitrogens with zero attached hydrogens (tertiary/aromatic N) is 2. The van der Waals surface area contributed by atoms with Crippen molar-refractivity contribution in [3.05, 3.63) is 28.6 Å². The molecule has 0 aliphatic carbocycles. The highest BCUT2D eigenvalue weighted by molar-refractivity contribution is 7.91. The molecule has 0 spiro atoms. The fraction of sp³-hybridized carbons (Fsp3) is 0.364. The minimum absolute atomic E-state index is 0.124. The van der Waals surface area contributed by atoms with Crippen LogP contribution in [0, 0.1) is 0 Å². The Morgan fingerprint density at radius 3 is 2.95 bits per heavy atom. The molecule has 2 N–H and O–H groups in total. The van der Waals surface area contributed by atoms with Crippen molar-refractivity contribution in [2.75, 3.05) is 11.4 Å². The summed E-state index contributed by atoms with van der Waals surface area (Å²) in [5.74, 6) is 0. The number of thiophene rings is 1. The molecule has 8 heteroatoms. The Labute approximate surface area is 119 Å². The van der Waals surface area contributed by atoms with E-state index in [-0.39, 0.29) is 4.21 Å². The Kier molecular flexibility index (Phi) is 3.34. The second-order valence-electron chi connectivity index (χ2n) is 4.37. The van der Waals surface area contributed by atoms with E-state index in [0.29, 0.717) is 6.04 Å². The number of thiazole rings is 1. The van der Waals surface area contributed by atoms with Crippen LogP contribution in [0.2, 0.25) is 0 Å². The monoisotopic (exact) mass is 315 g/mol. The lowest BCUT2D eigenvalue weighted by Gasteiger charge is -2.22. The van der Waals surface area contributed by atoms with Gasteiger partial charge in [-0.3, -0.25) is 0 Å². The fourth-order valence-corrected chi connectivity index (χ4v) is 4.78. The van der Waals surface area contributed by atoms with Crippen molar-refractivity contribution in [1.82, 2.24) is 4.98 Å². The Bertz CT molecular complexity index is 663. The molecule has 3 heterocycles. The van der Waals surface area contributed by atoms with Crippen LogP contribution >= 0.6 is 22.7 Å². The van der Waals surface area contributed by atoms with Crippen molar-refractivity contribution in [2.45, 2.75) is 23.1 Å². The third kappa shape index (κ3) is 2.53. The van der Waals surface area contributed by atoms with Crippen LogP contribution in [0.3, 0.4) is 0 Å². The first-order valence-corrected chi connectivity index (χ1v) is 9.08. The van der Waals surface area contributed by atoms with Crippen LogP contribution in [0.4, 0.5) is 5.13 Å². The third-order valence-corrected chi connectivity index (χ3v) is 6.54. The molecule has 1 saturated heterocycles. The third-order valence-electron chi connectivity index (χ3n) is 3.12. The molecule has 3 rings (SSSR count). The zero-order valence-corrected chi connectivity index (χ0v) is 12.5. The van der Waals surface area contributed by atoms with Crippen molar-refractivity contribution in [3.8, 4) is 0 Å². The molecule has 102 valence electrons. The van der Waals surface area contributed by atoms with Crippen LogP contribution in [0.25, 0.3) is 0 Å². The highest BCUT2D eigenvalue weighted by Crippen LogP contribution is 2.39. The van der Waals surface area contributed by atoms with Crippen LogP contribution in [0.15, 0.2) is 27.9 Å². The van der Waals surface area contributed by atoms with E-state index in [9.17, 15) is 8.42 Å². The summed E-state index contributed by atoms with van der Waals surface area (Å²) in [5.41, 5.74) is 0. The minimum Gasteiger partial charge on any atom is -0.340 e. The maximum Gasteiger partial charge on any atom is 0.249 e. The molecule has 19 heavy (non-hydrogen) atoms. The zero-order chi connectivity index (χ0) is 13.5. The zero-order valence-electron chi connectivity index (χ0n) is 10.0. The van der Waals surface area contributed by atoms with Gasteiger partial charge in [-0.2, -0.15) is 0 Å². The van der Waals surface area contributed by atoms with Gasteiger partial charge in [0.15, 0.2) is 9.34 Å². The number of anilines is 1. The lowest BCUT2D eigenvalue weighted by Crippen LogP contribution is -2.21. The van der Waals surface area contributed by atoms with Gasteiger partial charge in [-0.1, -0.05) is 17.4 Å². The Balaban J connectivity index is 1.91. The molecule has 0 aromatic carbocycles. The second kappa shape index (κ2) is 4.86. The second-order valence-corrected chi connectivity index (χ2v) is 8.15. The van der Waals surface area contributed by atoms with Crippen molar-refractivity contribution in [1.29, 1.82) is 0 Å². The van der Waals surface area contributed by atoms with Gasteiger partial charge in [0, 0.05) is 11.4 Å². The minimum atomic E-state index is -3.65. The maximum absolute atomic E-state index is 11.3. The number of aromatic nitrogens is 1. The largest absolute Gasteiger partial charge is 0.340 e. The van der Waals surface area contributed by atoms with Crippen molar-refractivity contribution < 1.29 is 8.42 Å². The molecule has 5 nitrogen and oxygen atoms in total. The maximum atomic E-state index is 11.3. The summed E-state index contributed by atoms with van der Waals surface area (Å²) in [6.45, 7) is 0.903. The molecule has 0 radical (unpaired) electrons. The summed E-state index contributed by atoms with van der Waals surface area (Å²) in [4.78, 5) is 7.68. The summed E-state index contributed by atoms with van der Waals surface area (Å²) < 4.78 is 22.7. The summed E-state index contributed by atoms with van der Waals surface area (Å²) in [5, 5.41) is 7.92. The van der Waals surface area contributed by atoms with Gasteiger partial charge >= 0.3 is 0 Å². The van der Waals surface area contributed by atoms with E-state index >= 15 is 0 Å². The number of hydrogen-bond donors (Lipinski definition) is 1. The van der Waals surface area contributed by atoms with Gasteiger partial charge < -0.3 is 4.90 Å². The van der Waals surface area contributed by atoms with Crippen LogP contribution in [-0.2, 0) is 10.0 Å². The van der Waals surface area contributed by atoms with Crippen LogP contribution in [0.5, 0.6) is 0 Å². The quantitative estimate of drug-likeness (QED) is 0.942. The summed E-state index contributed by atoms with van der Waals surface area (Å²) in [6.07, 6.45) is 3.51. The first kappa shape index (κ1) is 13.0. The van der Waals surface area contributed by atoms with E-state index in [1.54, 1.807) is 11.3 Å². The van der Waals surface area contributed by atoms with Gasteiger partial charge in [-0.25, -0.2) is 18.5 Å². The smallest absolute Gasteiger partial charge is 0.249 e. The average Bonchev–Trinajstić information content (AvgIpc) is 3.09. The topological polar surface area (TPSA) is 76.3 Å². The molecule has 1 fully saturated rings. The molecule has 2 aromatic rings. The Morgan fingerprint density at radius 1 is 1.47 bits per heavy atom. The summed E-state index contributed by atoms with van der Waals surface area (Å²) >= 11 is 2.87. The Morgan fingerprint density at radius 2 is 2.32 bits per heavy atom. The molecule has 0 unspecified atom stereocenters. The fourth-order valence-electron chi connectivity index (χ4n) is 2.29. The number of sulfonamides is 1. The van der Waals surface area contributed by atoms with Crippen LogP contribution in [0.1, 0.15) is 23.8 Å². The predicted octanol–water partition coefficient (Wildman–Crippen LogP) is 2.19. The van der Waals surface area contributed by atoms with Crippen molar-refractivity contribution >= 4 is 37.8 Å². The first-order chi connectivity index (χ1) is 9.05. The summed E-state index contributed by atoms with van der Waals surface area (Å²) in [6, 6.07) is 4.45. The van der Waals surface area contributed by atoms with Gasteiger partial charge in [0.2, 0.25) is 10.0 Å². The molecule has 1 atom stereocenters. The normalized spacial score (nSPS) is 20.1. The molecular weight excluding hydrogens is 302 g/mol. The van der Waals surface area contributed by atoms with Gasteiger partial charge in [-0.05, 0) is 24.3 Å². The number of rotatable bonds is 3. The van der Waals surface area contributed by atoms with Crippen LogP contribution in [-0.4, -0.2) is 19.9 Å². The van der Waals surface area contributed by atoms with E-state index in [4.69, 9.17) is 5.14 Å². The lowest BCUT2D eigenvalue weighted by molar-refractivity contribution is 0.599. The van der Waals surface area contributed by atoms with Gasteiger partial charge in [0.05, 0.1) is 12.2 Å². The average molecular weight is 315 g/mol. The van der Waals surface area contributed by atoms with Gasteiger partial charge in [0.25, 0.3) is 0 Å². The van der Waals surface area contributed by atoms with E-state index < -0.39 is 10.0 Å². The SMILES string of the molecule is NS(=O)(=O)c1cnc(N2CCC[C@@H]2c2cccs2)s1. The first-order valence-electron chi connectivity index (χ1n) is 5.84. The van der Waals surface area contributed by atoms with E-state index in [2.05, 4.69) is 21.3 Å². The number of nitrogens with two attached hydrogens (primary N) is 1. The predicted molar refractivity (Wildman–Crippen MR) is 77.1 cm³/mol. The summed E-state index contributed by atoms with van der Waals surface area (Å²) in [7, 11) is -3.65. The molecule has 1 aliphatic heterocycles. The molecule has 0 bridgehead atoms. The van der Waals surface area contributed by atoms with E-state index in [1.807, 2.05) is 6.07 Å². The number of hydrogen-bond acceptors (Lipinski definition) is 6. The molecule has 0 saturated carbocycles. The molecule has 0 amide bonds. The standard InChI is InChI=1S/C11H13N3O2S3/c12-19(15,16)10-7-13-11(18-10)14-5-1-3-8(14)9-4-2-6-17-9/h2,4,6-8H,1,3,5H2,(H2,12,15,16)/t8-/m1/s1. The molecular formula is C11H13N3O2S3.